The summed E-state index contributed by atoms with van der Waals surface area (Å²) in [6.45, 7) is 2.51. The van der Waals surface area contributed by atoms with Crippen LogP contribution in [0.4, 0.5) is 0 Å². The van der Waals surface area contributed by atoms with Crippen molar-refractivity contribution in [3.8, 4) is 0 Å². The highest BCUT2D eigenvalue weighted by atomic mass is 16.5. The van der Waals surface area contributed by atoms with Crippen LogP contribution in [0.3, 0.4) is 0 Å². The first-order valence-electron chi connectivity index (χ1n) is 3.54. The van der Waals surface area contributed by atoms with Gasteiger partial charge in [-0.15, -0.1) is 0 Å². The normalized spacial score (nSPS) is 29.8. The van der Waals surface area contributed by atoms with Crippen LogP contribution in [0, 0.1) is 5.92 Å². The molecule has 58 valence electrons. The standard InChI is InChI=1S/C7H13NO2/c1-5-3-6(5)8-4-7(9)10-2/h5-6,8H,3-4H2,1-2H3. The number of hydrogen-bond acceptors (Lipinski definition) is 3. The molecule has 1 aliphatic rings. The van der Waals surface area contributed by atoms with E-state index >= 15 is 0 Å². The summed E-state index contributed by atoms with van der Waals surface area (Å²) in [5.74, 6) is 0.559. The Morgan fingerprint density at radius 3 is 2.80 bits per heavy atom. The highest BCUT2D eigenvalue weighted by Gasteiger charge is 2.32. The summed E-state index contributed by atoms with van der Waals surface area (Å²) in [5.41, 5.74) is 0. The minimum absolute atomic E-state index is 0.181. The average Bonchev–Trinajstić information content (AvgIpc) is 2.61. The molecule has 0 bridgehead atoms. The molecule has 0 aromatic heterocycles. The second-order valence-corrected chi connectivity index (χ2v) is 2.78. The predicted molar refractivity (Wildman–Crippen MR) is 37.6 cm³/mol. The zero-order valence-electron chi connectivity index (χ0n) is 6.39. The predicted octanol–water partition coefficient (Wildman–Crippen LogP) is 0.157. The van der Waals surface area contributed by atoms with E-state index in [0.29, 0.717) is 12.6 Å². The van der Waals surface area contributed by atoms with Crippen LogP contribution in [0.25, 0.3) is 0 Å². The van der Waals surface area contributed by atoms with Gasteiger partial charge in [-0.05, 0) is 12.3 Å². The molecule has 1 rings (SSSR count). The maximum Gasteiger partial charge on any atom is 0.319 e. The third-order valence-electron chi connectivity index (χ3n) is 1.85. The van der Waals surface area contributed by atoms with Gasteiger partial charge in [0.05, 0.1) is 13.7 Å². The first kappa shape index (κ1) is 7.54. The fraction of sp³-hybridized carbons (Fsp3) is 0.857. The van der Waals surface area contributed by atoms with Gasteiger partial charge >= 0.3 is 5.97 Å². The molecule has 0 spiro atoms. The zero-order valence-corrected chi connectivity index (χ0v) is 6.39. The molecule has 0 saturated heterocycles. The van der Waals surface area contributed by atoms with Crippen molar-refractivity contribution in [2.24, 2.45) is 5.92 Å². The van der Waals surface area contributed by atoms with Crippen LogP contribution in [0.15, 0.2) is 0 Å². The molecule has 1 N–H and O–H groups in total. The van der Waals surface area contributed by atoms with Crippen molar-refractivity contribution < 1.29 is 9.53 Å². The van der Waals surface area contributed by atoms with Gasteiger partial charge in [0.1, 0.15) is 0 Å². The van der Waals surface area contributed by atoms with Crippen molar-refractivity contribution in [2.75, 3.05) is 13.7 Å². The molecule has 1 fully saturated rings. The van der Waals surface area contributed by atoms with Crippen LogP contribution in [0.1, 0.15) is 13.3 Å². The lowest BCUT2D eigenvalue weighted by molar-refractivity contribution is -0.139. The molecule has 10 heavy (non-hydrogen) atoms. The molecule has 2 unspecified atom stereocenters. The van der Waals surface area contributed by atoms with E-state index in [9.17, 15) is 4.79 Å². The smallest absolute Gasteiger partial charge is 0.319 e. The first-order chi connectivity index (χ1) is 4.74. The lowest BCUT2D eigenvalue weighted by Gasteiger charge is -1.99. The van der Waals surface area contributed by atoms with Crippen LogP contribution in [-0.4, -0.2) is 25.7 Å². The lowest BCUT2D eigenvalue weighted by atomic mass is 10.5. The number of nitrogens with one attached hydrogen (secondary N) is 1. The van der Waals surface area contributed by atoms with Crippen molar-refractivity contribution in [2.45, 2.75) is 19.4 Å². The fourth-order valence-electron chi connectivity index (χ4n) is 0.893. The molecule has 3 heteroatoms. The second kappa shape index (κ2) is 3.01. The van der Waals surface area contributed by atoms with E-state index in [1.807, 2.05) is 0 Å². The van der Waals surface area contributed by atoms with Gasteiger partial charge in [0.25, 0.3) is 0 Å². The van der Waals surface area contributed by atoms with E-state index in [0.717, 1.165) is 5.92 Å². The Hall–Kier alpha value is -0.570. The van der Waals surface area contributed by atoms with Gasteiger partial charge in [-0.25, -0.2) is 0 Å². The van der Waals surface area contributed by atoms with E-state index in [-0.39, 0.29) is 5.97 Å². The molecule has 1 saturated carbocycles. The summed E-state index contributed by atoms with van der Waals surface area (Å²) in [4.78, 5) is 10.6. The number of esters is 1. The average molecular weight is 143 g/mol. The summed E-state index contributed by atoms with van der Waals surface area (Å²) in [6.07, 6.45) is 1.19. The van der Waals surface area contributed by atoms with Crippen LogP contribution >= 0.6 is 0 Å². The number of rotatable bonds is 3. The molecule has 2 atom stereocenters. The summed E-state index contributed by atoms with van der Waals surface area (Å²) < 4.78 is 4.46. The first-order valence-corrected chi connectivity index (χ1v) is 3.54. The summed E-state index contributed by atoms with van der Waals surface area (Å²) in [5, 5.41) is 3.08. The molecule has 0 amide bonds. The van der Waals surface area contributed by atoms with Crippen LogP contribution in [-0.2, 0) is 9.53 Å². The van der Waals surface area contributed by atoms with Crippen LogP contribution in [0.2, 0.25) is 0 Å². The summed E-state index contributed by atoms with van der Waals surface area (Å²) >= 11 is 0. The Bertz CT molecular complexity index is 136. The van der Waals surface area contributed by atoms with E-state index in [2.05, 4.69) is 17.0 Å². The van der Waals surface area contributed by atoms with Crippen LogP contribution < -0.4 is 5.32 Å². The highest BCUT2D eigenvalue weighted by Crippen LogP contribution is 2.28. The van der Waals surface area contributed by atoms with E-state index < -0.39 is 0 Å². The van der Waals surface area contributed by atoms with E-state index in [4.69, 9.17) is 0 Å². The Labute approximate surface area is 60.7 Å². The SMILES string of the molecule is COC(=O)CNC1CC1C. The fourth-order valence-corrected chi connectivity index (χ4v) is 0.893. The maximum absolute atomic E-state index is 10.6. The Morgan fingerprint density at radius 1 is 1.80 bits per heavy atom. The molecule has 0 radical (unpaired) electrons. The van der Waals surface area contributed by atoms with Crippen LogP contribution in [0.5, 0.6) is 0 Å². The van der Waals surface area contributed by atoms with Crippen molar-refractivity contribution in [1.82, 2.24) is 5.32 Å². The number of carbonyl (C=O) groups is 1. The number of ether oxygens (including phenoxy) is 1. The summed E-state index contributed by atoms with van der Waals surface area (Å²) in [7, 11) is 1.40. The van der Waals surface area contributed by atoms with Gasteiger partial charge in [0, 0.05) is 6.04 Å². The van der Waals surface area contributed by atoms with E-state index in [1.165, 1.54) is 13.5 Å². The Morgan fingerprint density at radius 2 is 2.40 bits per heavy atom. The largest absolute Gasteiger partial charge is 0.468 e. The van der Waals surface area contributed by atoms with Gasteiger partial charge < -0.3 is 10.1 Å². The lowest BCUT2D eigenvalue weighted by Crippen LogP contribution is -2.26. The molecule has 0 heterocycles. The number of methoxy groups -OCH3 is 1. The minimum Gasteiger partial charge on any atom is -0.468 e. The maximum atomic E-state index is 10.6. The zero-order chi connectivity index (χ0) is 7.56. The molecule has 0 aliphatic heterocycles. The summed E-state index contributed by atoms with van der Waals surface area (Å²) in [6, 6.07) is 0.555. The Balaban J connectivity index is 2.00. The quantitative estimate of drug-likeness (QED) is 0.572. The molecule has 3 nitrogen and oxygen atoms in total. The van der Waals surface area contributed by atoms with Crippen molar-refractivity contribution in [3.63, 3.8) is 0 Å². The third kappa shape index (κ3) is 1.99. The monoisotopic (exact) mass is 143 g/mol. The Kier molecular flexibility index (Phi) is 2.27. The number of carbonyl (C=O) groups excluding carboxylic acids is 1. The highest BCUT2D eigenvalue weighted by molar-refractivity contribution is 5.71. The topological polar surface area (TPSA) is 38.3 Å². The minimum atomic E-state index is -0.181. The van der Waals surface area contributed by atoms with Gasteiger partial charge in [-0.2, -0.15) is 0 Å². The molecule has 0 aromatic rings. The number of hydrogen-bond donors (Lipinski definition) is 1. The van der Waals surface area contributed by atoms with Gasteiger partial charge in [0.2, 0.25) is 0 Å². The van der Waals surface area contributed by atoms with Crippen molar-refractivity contribution in [1.29, 1.82) is 0 Å². The van der Waals surface area contributed by atoms with Gasteiger partial charge in [0.15, 0.2) is 0 Å². The van der Waals surface area contributed by atoms with Gasteiger partial charge in [-0.1, -0.05) is 6.92 Å². The van der Waals surface area contributed by atoms with Gasteiger partial charge in [-0.3, -0.25) is 4.79 Å². The second-order valence-electron chi connectivity index (χ2n) is 2.78. The van der Waals surface area contributed by atoms with Crippen molar-refractivity contribution >= 4 is 5.97 Å². The molecular weight excluding hydrogens is 130 g/mol. The molecule has 1 aliphatic carbocycles. The third-order valence-corrected chi connectivity index (χ3v) is 1.85. The van der Waals surface area contributed by atoms with E-state index in [1.54, 1.807) is 0 Å². The molecule has 0 aromatic carbocycles. The van der Waals surface area contributed by atoms with Crippen molar-refractivity contribution in [3.05, 3.63) is 0 Å². The molecular formula is C7H13NO2.